The third-order valence-electron chi connectivity index (χ3n) is 5.62. The molecule has 1 aliphatic rings. The Morgan fingerprint density at radius 1 is 0.970 bits per heavy atom. The Bertz CT molecular complexity index is 1220. The fraction of sp³-hybridized carbons (Fsp3) is 0.364. The van der Waals surface area contributed by atoms with Crippen molar-refractivity contribution in [3.8, 4) is 11.5 Å². The number of aromatic nitrogens is 1. The van der Waals surface area contributed by atoms with Crippen LogP contribution >= 0.6 is 11.3 Å². The number of amides is 1. The van der Waals surface area contributed by atoms with Gasteiger partial charge in [0.1, 0.15) is 21.7 Å². The second kappa shape index (κ2) is 9.16. The molecule has 0 radical (unpaired) electrons. The van der Waals surface area contributed by atoms with E-state index in [1.165, 1.54) is 26.2 Å². The predicted octanol–water partition coefficient (Wildman–Crippen LogP) is 2.53. The van der Waals surface area contributed by atoms with Crippen molar-refractivity contribution < 1.29 is 22.7 Å². The Morgan fingerprint density at radius 3 is 2.15 bits per heavy atom. The Hall–Kier alpha value is -2.89. The van der Waals surface area contributed by atoms with Crippen LogP contribution in [0.15, 0.2) is 41.3 Å². The summed E-state index contributed by atoms with van der Waals surface area (Å²) in [6.45, 7) is 2.37. The molecule has 9 nitrogen and oxygen atoms in total. The van der Waals surface area contributed by atoms with E-state index < -0.39 is 10.0 Å². The predicted molar refractivity (Wildman–Crippen MR) is 128 cm³/mol. The van der Waals surface area contributed by atoms with Crippen LogP contribution in [-0.2, 0) is 10.0 Å². The lowest BCUT2D eigenvalue weighted by molar-refractivity contribution is 0.0746. The van der Waals surface area contributed by atoms with Crippen molar-refractivity contribution >= 4 is 42.6 Å². The average Bonchev–Trinajstić information content (AvgIpc) is 3.28. The van der Waals surface area contributed by atoms with Gasteiger partial charge in [0.05, 0.1) is 19.1 Å². The van der Waals surface area contributed by atoms with Gasteiger partial charge in [-0.3, -0.25) is 4.79 Å². The van der Waals surface area contributed by atoms with E-state index in [0.29, 0.717) is 37.5 Å². The number of methoxy groups -OCH3 is 2. The van der Waals surface area contributed by atoms with Crippen molar-refractivity contribution in [3.05, 3.63) is 42.0 Å². The van der Waals surface area contributed by atoms with Gasteiger partial charge in [-0.1, -0.05) is 11.3 Å². The van der Waals surface area contributed by atoms with Crippen molar-refractivity contribution in [1.82, 2.24) is 14.2 Å². The Morgan fingerprint density at radius 2 is 1.58 bits per heavy atom. The standard InChI is InChI=1S/C22H26N4O5S2/c1-24(2)33(28,29)16-7-5-15(6-8-16)21(27)25-11-13-26(14-12-25)22-23-19-17(30-3)9-10-18(31-4)20(19)32-22/h5-10H,11-14H2,1-4H3. The molecule has 0 unspecified atom stereocenters. The van der Waals surface area contributed by atoms with E-state index in [-0.39, 0.29) is 10.8 Å². The first kappa shape index (κ1) is 23.3. The summed E-state index contributed by atoms with van der Waals surface area (Å²) < 4.78 is 37.5. The fourth-order valence-electron chi connectivity index (χ4n) is 3.67. The first-order valence-electron chi connectivity index (χ1n) is 10.3. The molecule has 33 heavy (non-hydrogen) atoms. The van der Waals surface area contributed by atoms with Crippen LogP contribution in [-0.4, -0.2) is 83.0 Å². The monoisotopic (exact) mass is 490 g/mol. The minimum Gasteiger partial charge on any atom is -0.495 e. The van der Waals surface area contributed by atoms with Crippen LogP contribution in [0.1, 0.15) is 10.4 Å². The summed E-state index contributed by atoms with van der Waals surface area (Å²) in [7, 11) is 2.68. The summed E-state index contributed by atoms with van der Waals surface area (Å²) in [4.78, 5) is 21.8. The molecule has 0 spiro atoms. The third kappa shape index (κ3) is 4.35. The molecule has 2 heterocycles. The SMILES string of the molecule is COc1ccc(OC)c2sc(N3CCN(C(=O)c4ccc(S(=O)(=O)N(C)C)cc4)CC3)nc12. The second-order valence-electron chi connectivity index (χ2n) is 7.74. The van der Waals surface area contributed by atoms with Crippen LogP contribution < -0.4 is 14.4 Å². The number of fused-ring (bicyclic) bond motifs is 1. The molecule has 0 aliphatic carbocycles. The molecule has 1 saturated heterocycles. The van der Waals surface area contributed by atoms with Gasteiger partial charge in [0.15, 0.2) is 5.13 Å². The average molecular weight is 491 g/mol. The number of carbonyl (C=O) groups is 1. The zero-order valence-corrected chi connectivity index (χ0v) is 20.6. The highest BCUT2D eigenvalue weighted by molar-refractivity contribution is 7.89. The normalized spacial score (nSPS) is 14.7. The van der Waals surface area contributed by atoms with Crippen LogP contribution in [0.3, 0.4) is 0 Å². The molecule has 1 aliphatic heterocycles. The minimum absolute atomic E-state index is 0.115. The smallest absolute Gasteiger partial charge is 0.253 e. The summed E-state index contributed by atoms with van der Waals surface area (Å²) in [6.07, 6.45) is 0. The molecule has 11 heteroatoms. The summed E-state index contributed by atoms with van der Waals surface area (Å²) in [6, 6.07) is 9.79. The molecule has 176 valence electrons. The lowest BCUT2D eigenvalue weighted by Gasteiger charge is -2.34. The van der Waals surface area contributed by atoms with Gasteiger partial charge in [-0.2, -0.15) is 0 Å². The number of carbonyl (C=O) groups excluding carboxylic acids is 1. The molecule has 1 amide bonds. The molecule has 2 aromatic carbocycles. The fourth-order valence-corrected chi connectivity index (χ4v) is 5.70. The van der Waals surface area contributed by atoms with Crippen LogP contribution in [0.2, 0.25) is 0 Å². The second-order valence-corrected chi connectivity index (χ2v) is 10.9. The number of anilines is 1. The van der Waals surface area contributed by atoms with Gasteiger partial charge in [-0.15, -0.1) is 0 Å². The van der Waals surface area contributed by atoms with E-state index in [2.05, 4.69) is 4.90 Å². The van der Waals surface area contributed by atoms with Gasteiger partial charge >= 0.3 is 0 Å². The summed E-state index contributed by atoms with van der Waals surface area (Å²) in [5.41, 5.74) is 1.23. The number of hydrogen-bond donors (Lipinski definition) is 0. The highest BCUT2D eigenvalue weighted by atomic mass is 32.2. The van der Waals surface area contributed by atoms with E-state index >= 15 is 0 Å². The lowest BCUT2D eigenvalue weighted by atomic mass is 10.2. The zero-order chi connectivity index (χ0) is 23.8. The maximum atomic E-state index is 12.9. The van der Waals surface area contributed by atoms with Crippen LogP contribution in [0.4, 0.5) is 5.13 Å². The summed E-state index contributed by atoms with van der Waals surface area (Å²) >= 11 is 1.54. The highest BCUT2D eigenvalue weighted by Gasteiger charge is 2.26. The molecule has 0 saturated carbocycles. The molecule has 0 atom stereocenters. The molecular weight excluding hydrogens is 464 g/mol. The Labute approximate surface area is 197 Å². The number of thiazole rings is 1. The molecular formula is C22H26N4O5S2. The van der Waals surface area contributed by atoms with Gasteiger partial charge in [0, 0.05) is 45.8 Å². The summed E-state index contributed by atoms with van der Waals surface area (Å²) in [5, 5.41) is 0.859. The molecule has 3 aromatic rings. The summed E-state index contributed by atoms with van der Waals surface area (Å²) in [5.74, 6) is 1.33. The van der Waals surface area contributed by atoms with Crippen molar-refractivity contribution in [2.45, 2.75) is 4.90 Å². The van der Waals surface area contributed by atoms with Crippen LogP contribution in [0.25, 0.3) is 10.2 Å². The number of sulfonamides is 1. The molecule has 1 aromatic heterocycles. The molecule has 0 N–H and O–H groups in total. The van der Waals surface area contributed by atoms with E-state index in [1.807, 2.05) is 12.1 Å². The first-order chi connectivity index (χ1) is 15.8. The Kier molecular flexibility index (Phi) is 6.46. The number of nitrogens with zero attached hydrogens (tertiary/aromatic N) is 4. The Balaban J connectivity index is 1.46. The van der Waals surface area contributed by atoms with Crippen molar-refractivity contribution in [1.29, 1.82) is 0 Å². The van der Waals surface area contributed by atoms with Gasteiger partial charge in [-0.25, -0.2) is 17.7 Å². The van der Waals surface area contributed by atoms with E-state index in [9.17, 15) is 13.2 Å². The first-order valence-corrected chi connectivity index (χ1v) is 12.6. The molecule has 4 rings (SSSR count). The van der Waals surface area contributed by atoms with Crippen molar-refractivity contribution in [2.24, 2.45) is 0 Å². The zero-order valence-electron chi connectivity index (χ0n) is 18.9. The van der Waals surface area contributed by atoms with E-state index in [0.717, 1.165) is 25.4 Å². The number of piperazine rings is 1. The number of benzene rings is 2. The van der Waals surface area contributed by atoms with Gasteiger partial charge in [0.25, 0.3) is 5.91 Å². The molecule has 1 fully saturated rings. The van der Waals surface area contributed by atoms with Gasteiger partial charge in [-0.05, 0) is 36.4 Å². The van der Waals surface area contributed by atoms with E-state index in [1.54, 1.807) is 42.6 Å². The minimum atomic E-state index is -3.53. The van der Waals surface area contributed by atoms with Gasteiger partial charge in [0.2, 0.25) is 10.0 Å². The van der Waals surface area contributed by atoms with E-state index in [4.69, 9.17) is 14.5 Å². The quantitative estimate of drug-likeness (QED) is 0.524. The number of rotatable bonds is 6. The van der Waals surface area contributed by atoms with Gasteiger partial charge < -0.3 is 19.3 Å². The molecule has 0 bridgehead atoms. The maximum absolute atomic E-state index is 12.9. The van der Waals surface area contributed by atoms with Crippen LogP contribution in [0.5, 0.6) is 11.5 Å². The third-order valence-corrected chi connectivity index (χ3v) is 8.58. The van der Waals surface area contributed by atoms with Crippen molar-refractivity contribution in [3.63, 3.8) is 0 Å². The number of hydrogen-bond acceptors (Lipinski definition) is 8. The topological polar surface area (TPSA) is 92.3 Å². The van der Waals surface area contributed by atoms with Crippen LogP contribution in [0, 0.1) is 0 Å². The lowest BCUT2D eigenvalue weighted by Crippen LogP contribution is -2.48. The highest BCUT2D eigenvalue weighted by Crippen LogP contribution is 2.40. The maximum Gasteiger partial charge on any atom is 0.253 e. The largest absolute Gasteiger partial charge is 0.495 e. The number of ether oxygens (including phenoxy) is 2. The van der Waals surface area contributed by atoms with Crippen molar-refractivity contribution in [2.75, 3.05) is 59.4 Å².